The fourth-order valence-corrected chi connectivity index (χ4v) is 3.22. The van der Waals surface area contributed by atoms with Crippen molar-refractivity contribution in [1.29, 1.82) is 0 Å². The van der Waals surface area contributed by atoms with E-state index in [1.165, 1.54) is 10.9 Å². The van der Waals surface area contributed by atoms with Crippen LogP contribution in [0.1, 0.15) is 26.5 Å². The number of fused-ring (bicyclic) bond motifs is 1. The van der Waals surface area contributed by atoms with Gasteiger partial charge in [-0.05, 0) is 0 Å². The molecule has 2 unspecified atom stereocenters. The summed E-state index contributed by atoms with van der Waals surface area (Å²) in [5.74, 6) is -0.710. The molecule has 1 fully saturated rings. The van der Waals surface area contributed by atoms with Crippen LogP contribution in [0.15, 0.2) is 11.1 Å². The highest BCUT2D eigenvalue weighted by Crippen LogP contribution is 2.37. The first-order valence-electron chi connectivity index (χ1n) is 8.23. The van der Waals surface area contributed by atoms with Crippen LogP contribution >= 0.6 is 8.25 Å². The van der Waals surface area contributed by atoms with Crippen molar-refractivity contribution in [2.75, 3.05) is 11.9 Å². The third-order valence-corrected chi connectivity index (χ3v) is 4.58. The van der Waals surface area contributed by atoms with Gasteiger partial charge in [0.25, 0.3) is 5.56 Å². The molecule has 3 heterocycles. The molecule has 1 amide bonds. The van der Waals surface area contributed by atoms with Crippen LogP contribution in [0.4, 0.5) is 5.95 Å². The van der Waals surface area contributed by atoms with Gasteiger partial charge in [-0.25, -0.2) is 4.98 Å². The van der Waals surface area contributed by atoms with E-state index >= 15 is 0 Å². The van der Waals surface area contributed by atoms with Crippen molar-refractivity contribution >= 4 is 31.3 Å². The second-order valence-electron chi connectivity index (χ2n) is 6.37. The number of carbonyl (C=O) groups is 1. The first-order valence-corrected chi connectivity index (χ1v) is 9.50. The Labute approximate surface area is 153 Å². The summed E-state index contributed by atoms with van der Waals surface area (Å²) in [4.78, 5) is 43.8. The third-order valence-electron chi connectivity index (χ3n) is 4.07. The number of ether oxygens (including phenoxy) is 1. The maximum absolute atomic E-state index is 12.2. The molecule has 0 aliphatic carbocycles. The van der Waals surface area contributed by atoms with Crippen LogP contribution in [0.5, 0.6) is 0 Å². The van der Waals surface area contributed by atoms with Crippen molar-refractivity contribution in [2.45, 2.75) is 38.7 Å². The lowest BCUT2D eigenvalue weighted by Gasteiger charge is -2.19. The quantitative estimate of drug-likeness (QED) is 0.477. The normalized spacial score (nSPS) is 23.8. The maximum Gasteiger partial charge on any atom is 0.317 e. The summed E-state index contributed by atoms with van der Waals surface area (Å²) in [5, 5.41) is 11.8. The van der Waals surface area contributed by atoms with Crippen LogP contribution in [-0.4, -0.2) is 54.2 Å². The van der Waals surface area contributed by atoms with Crippen LogP contribution in [0.2, 0.25) is 0 Å². The topological polar surface area (TPSA) is 169 Å². The second-order valence-corrected chi connectivity index (χ2v) is 7.14. The highest BCUT2D eigenvalue weighted by Gasteiger charge is 2.39. The minimum atomic E-state index is -3.26. The van der Waals surface area contributed by atoms with Gasteiger partial charge < -0.3 is 19.3 Å². The Morgan fingerprint density at radius 2 is 2.33 bits per heavy atom. The number of amides is 1. The van der Waals surface area contributed by atoms with E-state index in [2.05, 4.69) is 20.3 Å². The molecule has 1 saturated heterocycles. The summed E-state index contributed by atoms with van der Waals surface area (Å²) in [6.45, 7) is 3.08. The summed E-state index contributed by atoms with van der Waals surface area (Å²) in [5.41, 5.74) is -0.459. The molecule has 2 aromatic rings. The van der Waals surface area contributed by atoms with E-state index in [0.29, 0.717) is 0 Å². The van der Waals surface area contributed by atoms with Gasteiger partial charge in [-0.15, -0.1) is 0 Å². The Kier molecular flexibility index (Phi) is 5.72. The van der Waals surface area contributed by atoms with Gasteiger partial charge in [-0.1, -0.05) is 13.8 Å². The average Bonchev–Trinajstić information content (AvgIpc) is 3.18. The Balaban J connectivity index is 2.01. The van der Waals surface area contributed by atoms with Crippen LogP contribution in [0.3, 0.4) is 0 Å². The summed E-state index contributed by atoms with van der Waals surface area (Å²) in [6, 6.07) is 0. The average molecular weight is 401 g/mol. The molecule has 148 valence electrons. The molecular formula is C14H20N5O7P. The Morgan fingerprint density at radius 3 is 2.96 bits per heavy atom. The highest BCUT2D eigenvalue weighted by molar-refractivity contribution is 7.32. The Hall–Kier alpha value is -2.11. The zero-order valence-electron chi connectivity index (χ0n) is 14.6. The fraction of sp³-hybridized carbons (Fsp3) is 0.571. The zero-order valence-corrected chi connectivity index (χ0v) is 15.6. The number of carbonyl (C=O) groups excluding carboxylic acids is 1. The van der Waals surface area contributed by atoms with Crippen molar-refractivity contribution in [3.8, 4) is 0 Å². The summed E-state index contributed by atoms with van der Waals surface area (Å²) >= 11 is 0. The van der Waals surface area contributed by atoms with Crippen LogP contribution in [-0.2, 0) is 18.6 Å². The number of imidazole rings is 1. The largest absolute Gasteiger partial charge is 0.394 e. The van der Waals surface area contributed by atoms with E-state index in [4.69, 9.17) is 14.2 Å². The number of hydrogen-bond acceptors (Lipinski definition) is 8. The van der Waals surface area contributed by atoms with Crippen molar-refractivity contribution in [3.05, 3.63) is 16.7 Å². The van der Waals surface area contributed by atoms with Gasteiger partial charge in [0.2, 0.25) is 11.9 Å². The zero-order chi connectivity index (χ0) is 19.7. The number of aliphatic hydroxyl groups is 1. The van der Waals surface area contributed by atoms with Crippen LogP contribution in [0.25, 0.3) is 11.2 Å². The predicted molar refractivity (Wildman–Crippen MR) is 93.3 cm³/mol. The minimum absolute atomic E-state index is 0.00370. The van der Waals surface area contributed by atoms with Crippen molar-refractivity contribution < 1.29 is 28.6 Å². The number of aromatic amines is 1. The second kappa shape index (κ2) is 7.87. The van der Waals surface area contributed by atoms with Crippen LogP contribution in [0, 0.1) is 5.92 Å². The lowest BCUT2D eigenvalue weighted by atomic mass is 10.2. The van der Waals surface area contributed by atoms with Gasteiger partial charge in [0, 0.05) is 12.3 Å². The number of nitrogens with one attached hydrogen (secondary N) is 2. The molecule has 3 rings (SSSR count). The lowest BCUT2D eigenvalue weighted by Crippen LogP contribution is -2.24. The molecule has 1 aliphatic rings. The van der Waals surface area contributed by atoms with Gasteiger partial charge in [0.1, 0.15) is 6.10 Å². The fourth-order valence-electron chi connectivity index (χ4n) is 2.75. The van der Waals surface area contributed by atoms with E-state index in [1.807, 2.05) is 0 Å². The number of nitrogens with zero attached hydrogens (tertiary/aromatic N) is 3. The minimum Gasteiger partial charge on any atom is -0.394 e. The molecule has 0 spiro atoms. The monoisotopic (exact) mass is 401 g/mol. The molecular weight excluding hydrogens is 381 g/mol. The van der Waals surface area contributed by atoms with E-state index in [1.54, 1.807) is 13.8 Å². The van der Waals surface area contributed by atoms with Crippen molar-refractivity contribution in [1.82, 2.24) is 19.5 Å². The van der Waals surface area contributed by atoms with Gasteiger partial charge in [-0.3, -0.25) is 29.0 Å². The number of rotatable bonds is 6. The first-order chi connectivity index (χ1) is 12.8. The van der Waals surface area contributed by atoms with E-state index < -0.39 is 32.2 Å². The summed E-state index contributed by atoms with van der Waals surface area (Å²) in [7, 11) is -3.26. The molecule has 13 heteroatoms. The Bertz CT molecular complexity index is 926. The van der Waals surface area contributed by atoms with Gasteiger partial charge in [-0.2, -0.15) is 4.98 Å². The molecule has 0 saturated carbocycles. The van der Waals surface area contributed by atoms with Gasteiger partial charge in [0.05, 0.1) is 19.0 Å². The molecule has 0 bridgehead atoms. The number of hydrogen-bond donors (Lipinski definition) is 4. The predicted octanol–water partition coefficient (Wildman–Crippen LogP) is -0.239. The number of anilines is 1. The molecule has 12 nitrogen and oxygen atoms in total. The van der Waals surface area contributed by atoms with Gasteiger partial charge >= 0.3 is 8.25 Å². The number of H-pyrrole nitrogens is 1. The molecule has 0 radical (unpaired) electrons. The molecule has 27 heavy (non-hydrogen) atoms. The summed E-state index contributed by atoms with van der Waals surface area (Å²) < 4.78 is 23.2. The molecule has 2 aromatic heterocycles. The molecule has 0 aromatic carbocycles. The highest BCUT2D eigenvalue weighted by atomic mass is 31.1. The summed E-state index contributed by atoms with van der Waals surface area (Å²) in [6.07, 6.45) is -0.906. The maximum atomic E-state index is 12.2. The first kappa shape index (κ1) is 19.6. The molecule has 4 N–H and O–H groups in total. The Morgan fingerprint density at radius 1 is 1.59 bits per heavy atom. The molecule has 4 atom stereocenters. The number of aromatic nitrogens is 4. The molecule has 1 aliphatic heterocycles. The standard InChI is InChI=1S/C14H20N5O7P/c1-6(2)11(21)17-14-16-10-9(12(22)18-14)15-5-19(10)13-8(26-27(23)24)3-7(4-20)25-13/h5-8,13,20,27H,3-4H2,1-2H3,(H,23,24)(H2,16,17,18,21,22)/t7?,8-,13-/m1/s1. The smallest absolute Gasteiger partial charge is 0.317 e. The number of aliphatic hydroxyl groups excluding tert-OH is 1. The lowest BCUT2D eigenvalue weighted by molar-refractivity contribution is -0.118. The van der Waals surface area contributed by atoms with Crippen molar-refractivity contribution in [2.24, 2.45) is 5.92 Å². The van der Waals surface area contributed by atoms with E-state index in [-0.39, 0.29) is 42.0 Å². The van der Waals surface area contributed by atoms with Crippen LogP contribution < -0.4 is 10.9 Å². The van der Waals surface area contributed by atoms with Gasteiger partial charge in [0.15, 0.2) is 17.4 Å². The SMILES string of the molecule is CC(C)C(=O)Nc1nc2c(ncn2[C@@H]2OC(CO)C[C@H]2O[PH](=O)O)c(=O)[nH]1. The van der Waals surface area contributed by atoms with Crippen molar-refractivity contribution in [3.63, 3.8) is 0 Å². The third kappa shape index (κ3) is 4.09. The van der Waals surface area contributed by atoms with E-state index in [0.717, 1.165) is 0 Å². The van der Waals surface area contributed by atoms with E-state index in [9.17, 15) is 19.3 Å².